The van der Waals surface area contributed by atoms with Gasteiger partial charge in [-0.15, -0.1) is 0 Å². The second-order valence-corrected chi connectivity index (χ2v) is 24.5. The van der Waals surface area contributed by atoms with Crippen molar-refractivity contribution in [2.75, 3.05) is 6.61 Å². The van der Waals surface area contributed by atoms with Crippen molar-refractivity contribution >= 4 is 43.1 Å². The quantitative estimate of drug-likeness (QED) is 0.221. The number of aliphatic hydroxyl groups is 3. The van der Waals surface area contributed by atoms with Gasteiger partial charge in [0.2, 0.25) is 0 Å². The van der Waals surface area contributed by atoms with Gasteiger partial charge < -0.3 is 29.0 Å². The fraction of sp³-hybridized carbons (Fsp3) is 0.390. The Bertz CT molecular complexity index is 1670. The van der Waals surface area contributed by atoms with E-state index in [1.165, 1.54) is 0 Å². The lowest BCUT2D eigenvalue weighted by Gasteiger charge is -2.53. The molecule has 0 aromatic heterocycles. The Morgan fingerprint density at radius 2 is 1.08 bits per heavy atom. The lowest BCUT2D eigenvalue weighted by molar-refractivity contribution is -0.233. The molecular formula is C41H51NO6Si2. The van der Waals surface area contributed by atoms with Crippen molar-refractivity contribution in [3.05, 3.63) is 121 Å². The first-order valence-corrected chi connectivity index (χ1v) is 21.4. The van der Waals surface area contributed by atoms with Gasteiger partial charge in [0.25, 0.3) is 16.6 Å². The highest BCUT2D eigenvalue weighted by Crippen LogP contribution is 2.44. The van der Waals surface area contributed by atoms with E-state index in [1.807, 2.05) is 72.8 Å². The summed E-state index contributed by atoms with van der Waals surface area (Å²) >= 11 is 0. The van der Waals surface area contributed by atoms with E-state index in [4.69, 9.17) is 13.7 Å². The molecule has 2 aliphatic rings. The molecule has 264 valence electrons. The Morgan fingerprint density at radius 3 is 1.48 bits per heavy atom. The number of rotatable bonds is 9. The van der Waals surface area contributed by atoms with Gasteiger partial charge in [-0.1, -0.05) is 168 Å². The van der Waals surface area contributed by atoms with Gasteiger partial charge >= 0.3 is 0 Å². The summed E-state index contributed by atoms with van der Waals surface area (Å²) in [6.07, 6.45) is -4.58. The van der Waals surface area contributed by atoms with Crippen LogP contribution in [0.3, 0.4) is 0 Å². The largest absolute Gasteiger partial charge is 0.402 e. The van der Waals surface area contributed by atoms with Crippen LogP contribution in [0.25, 0.3) is 0 Å². The molecule has 0 amide bonds. The monoisotopic (exact) mass is 709 g/mol. The number of aliphatic hydroxyl groups excluding tert-OH is 2. The number of hydrogen-bond acceptors (Lipinski definition) is 7. The third-order valence-corrected chi connectivity index (χ3v) is 20.5. The van der Waals surface area contributed by atoms with Crippen LogP contribution in [-0.4, -0.2) is 74.3 Å². The first kappa shape index (κ1) is 36.4. The van der Waals surface area contributed by atoms with Gasteiger partial charge in [-0.3, -0.25) is 0 Å². The SMILES string of the molecule is CC(C)(C)[Si](OCC1=NO[C@H]2[C@H](O[Si](c3ccccc3)(c3ccccc3)C(C)(C)C)[C@H](O)[C@H](O)C[C@@]2(O)C1)(c1ccccc1)c1ccccc1. The van der Waals surface area contributed by atoms with Gasteiger partial charge in [0.05, 0.1) is 18.4 Å². The summed E-state index contributed by atoms with van der Waals surface area (Å²) in [7, 11) is -6.09. The van der Waals surface area contributed by atoms with E-state index in [0.717, 1.165) is 20.7 Å². The molecule has 3 N–H and O–H groups in total. The van der Waals surface area contributed by atoms with Gasteiger partial charge in [-0.05, 0) is 30.8 Å². The topological polar surface area (TPSA) is 101 Å². The van der Waals surface area contributed by atoms with Crippen LogP contribution in [0.5, 0.6) is 0 Å². The predicted octanol–water partition coefficient (Wildman–Crippen LogP) is 4.51. The van der Waals surface area contributed by atoms with Gasteiger partial charge in [-0.25, -0.2) is 0 Å². The number of hydrogen-bond donors (Lipinski definition) is 3. The van der Waals surface area contributed by atoms with Crippen molar-refractivity contribution < 1.29 is 29.0 Å². The molecule has 0 saturated heterocycles. The number of oxime groups is 1. The molecule has 1 saturated carbocycles. The molecule has 4 aromatic rings. The molecule has 1 fully saturated rings. The average molecular weight is 710 g/mol. The minimum Gasteiger partial charge on any atom is -0.402 e. The minimum atomic E-state index is -3.20. The van der Waals surface area contributed by atoms with Gasteiger partial charge in [0, 0.05) is 12.8 Å². The van der Waals surface area contributed by atoms with E-state index in [9.17, 15) is 15.3 Å². The molecule has 50 heavy (non-hydrogen) atoms. The molecule has 7 nitrogen and oxygen atoms in total. The molecule has 4 aromatic carbocycles. The van der Waals surface area contributed by atoms with E-state index in [1.54, 1.807) is 0 Å². The third kappa shape index (κ3) is 6.45. The standard InChI is InChI=1S/C41H51NO6Si2/c1-39(2,3)49(31-19-11-7-12-20-31,32-21-13-8-14-22-32)46-29-30-27-41(45)28-35(43)36(44)37(38(41)47-42-30)48-50(40(4,5)6,33-23-15-9-16-24-33)34-25-17-10-18-26-34/h7-26,35-38,43-45H,27-29H2,1-6H3/t35-,36-,37-,38+,41+/m1/s1. The molecule has 0 unspecified atom stereocenters. The molecule has 6 rings (SSSR count). The van der Waals surface area contributed by atoms with E-state index < -0.39 is 51.7 Å². The fourth-order valence-corrected chi connectivity index (χ4v) is 17.4. The fourth-order valence-electron chi connectivity index (χ4n) is 8.21. The summed E-state index contributed by atoms with van der Waals surface area (Å²) in [4.78, 5) is 6.22. The third-order valence-electron chi connectivity index (χ3n) is 10.5. The Balaban J connectivity index is 1.37. The van der Waals surface area contributed by atoms with Crippen molar-refractivity contribution in [3.8, 4) is 0 Å². The minimum absolute atomic E-state index is 0.0856. The lowest BCUT2D eigenvalue weighted by atomic mass is 9.74. The van der Waals surface area contributed by atoms with Gasteiger partial charge in [0.15, 0.2) is 6.10 Å². The highest BCUT2D eigenvalue weighted by atomic mass is 28.4. The molecule has 5 atom stereocenters. The molecule has 1 aliphatic carbocycles. The van der Waals surface area contributed by atoms with Crippen LogP contribution in [0, 0.1) is 0 Å². The summed E-state index contributed by atoms with van der Waals surface area (Å²) in [6.45, 7) is 13.2. The summed E-state index contributed by atoms with van der Waals surface area (Å²) in [6, 6.07) is 41.0. The number of fused-ring (bicyclic) bond motifs is 1. The lowest BCUT2D eigenvalue weighted by Crippen LogP contribution is -2.73. The zero-order chi connectivity index (χ0) is 35.8. The second-order valence-electron chi connectivity index (χ2n) is 15.9. The van der Waals surface area contributed by atoms with E-state index >= 15 is 0 Å². The second kappa shape index (κ2) is 14.0. The highest BCUT2D eigenvalue weighted by molar-refractivity contribution is 7.00. The van der Waals surface area contributed by atoms with Crippen molar-refractivity contribution in [1.82, 2.24) is 0 Å². The molecular weight excluding hydrogens is 659 g/mol. The zero-order valence-electron chi connectivity index (χ0n) is 30.0. The molecule has 0 radical (unpaired) electrons. The Morgan fingerprint density at radius 1 is 0.680 bits per heavy atom. The predicted molar refractivity (Wildman–Crippen MR) is 205 cm³/mol. The van der Waals surface area contributed by atoms with Crippen LogP contribution < -0.4 is 20.7 Å². The van der Waals surface area contributed by atoms with Crippen LogP contribution in [0.2, 0.25) is 10.1 Å². The normalized spacial score (nSPS) is 24.5. The van der Waals surface area contributed by atoms with Crippen LogP contribution in [0.15, 0.2) is 126 Å². The Kier molecular flexibility index (Phi) is 10.2. The van der Waals surface area contributed by atoms with Crippen LogP contribution in [0.1, 0.15) is 54.4 Å². The molecule has 1 aliphatic heterocycles. The smallest absolute Gasteiger partial charge is 0.261 e. The van der Waals surface area contributed by atoms with Gasteiger partial charge in [0.1, 0.15) is 17.8 Å². The van der Waals surface area contributed by atoms with Gasteiger partial charge in [-0.2, -0.15) is 0 Å². The van der Waals surface area contributed by atoms with Crippen LogP contribution in [0.4, 0.5) is 0 Å². The maximum atomic E-state index is 12.4. The first-order chi connectivity index (χ1) is 23.7. The number of nitrogens with zero attached hydrogens (tertiary/aromatic N) is 1. The molecule has 0 bridgehead atoms. The van der Waals surface area contributed by atoms with E-state index in [-0.39, 0.29) is 24.5 Å². The first-order valence-electron chi connectivity index (χ1n) is 17.6. The highest BCUT2D eigenvalue weighted by Gasteiger charge is 2.61. The summed E-state index contributed by atoms with van der Waals surface area (Å²) in [5.74, 6) is 0. The van der Waals surface area contributed by atoms with Crippen molar-refractivity contribution in [2.45, 2.75) is 94.5 Å². The maximum Gasteiger partial charge on any atom is 0.261 e. The Labute approximate surface area is 298 Å². The van der Waals surface area contributed by atoms with Crippen molar-refractivity contribution in [2.24, 2.45) is 5.16 Å². The number of benzene rings is 4. The van der Waals surface area contributed by atoms with Crippen molar-refractivity contribution in [3.63, 3.8) is 0 Å². The molecule has 1 heterocycles. The molecule has 9 heteroatoms. The summed E-state index contributed by atoms with van der Waals surface area (Å²) < 4.78 is 14.4. The average Bonchev–Trinajstić information content (AvgIpc) is 3.09. The zero-order valence-corrected chi connectivity index (χ0v) is 32.0. The van der Waals surface area contributed by atoms with Crippen LogP contribution in [-0.2, 0) is 13.7 Å². The van der Waals surface area contributed by atoms with E-state index in [0.29, 0.717) is 5.71 Å². The van der Waals surface area contributed by atoms with Crippen LogP contribution >= 0.6 is 0 Å². The summed E-state index contributed by atoms with van der Waals surface area (Å²) in [5, 5.41) is 43.6. The summed E-state index contributed by atoms with van der Waals surface area (Å²) in [5.41, 5.74) is -1.01. The van der Waals surface area contributed by atoms with E-state index in [2.05, 4.69) is 95.2 Å². The maximum absolute atomic E-state index is 12.4. The van der Waals surface area contributed by atoms with Crippen molar-refractivity contribution in [1.29, 1.82) is 0 Å². The molecule has 0 spiro atoms. The Hall–Kier alpha value is -3.42.